The number of para-hydroxylation sites is 2. The molecule has 0 atom stereocenters. The molecule has 0 fully saturated rings. The summed E-state index contributed by atoms with van der Waals surface area (Å²) in [5.41, 5.74) is 1.70. The number of hydrogen-bond acceptors (Lipinski definition) is 14. The fourth-order valence-electron chi connectivity index (χ4n) is 4.36. The van der Waals surface area contributed by atoms with Crippen molar-refractivity contribution in [3.8, 4) is 34.6 Å². The van der Waals surface area contributed by atoms with Crippen molar-refractivity contribution in [2.24, 2.45) is 20.5 Å². The Morgan fingerprint density at radius 2 is 0.922 bits per heavy atom. The Hall–Kier alpha value is -6.99. The molecule has 0 bridgehead atoms. The van der Waals surface area contributed by atoms with Crippen molar-refractivity contribution in [2.45, 2.75) is 13.8 Å². The normalized spacial score (nSPS) is 10.9. The summed E-state index contributed by atoms with van der Waals surface area (Å²) in [6, 6.07) is 24.7. The molecule has 0 aliphatic heterocycles. The van der Waals surface area contributed by atoms with Crippen molar-refractivity contribution in [3.63, 3.8) is 0 Å². The fourth-order valence-corrected chi connectivity index (χ4v) is 4.36. The monoisotopic (exact) mass is 737 g/mol. The number of benzene rings is 4. The van der Waals surface area contributed by atoms with Gasteiger partial charge in [0.25, 0.3) is 11.4 Å². The summed E-state index contributed by atoms with van der Waals surface area (Å²) >= 11 is 0. The predicted octanol–water partition coefficient (Wildman–Crippen LogP) is 7.83. The molecule has 0 spiro atoms. The van der Waals surface area contributed by atoms with E-state index in [-0.39, 0.29) is 74.2 Å². The molecular weight excluding hydrogens is 711 g/mol. The Morgan fingerprint density at radius 1 is 0.569 bits per heavy atom. The quantitative estimate of drug-likeness (QED) is 0.0669. The van der Waals surface area contributed by atoms with Crippen molar-refractivity contribution in [1.82, 2.24) is 19.6 Å². The van der Waals surface area contributed by atoms with E-state index in [1.54, 1.807) is 62.4 Å². The van der Waals surface area contributed by atoms with Gasteiger partial charge >= 0.3 is 0 Å². The number of phenols is 2. The van der Waals surface area contributed by atoms with Gasteiger partial charge in [0.15, 0.2) is 11.4 Å². The van der Waals surface area contributed by atoms with Crippen LogP contribution in [0.2, 0.25) is 0 Å². The third-order valence-electron chi connectivity index (χ3n) is 6.87. The molecular formula is C32H26CoN10O8. The number of aromatic nitrogens is 4. The molecule has 18 nitrogen and oxygen atoms in total. The second kappa shape index (κ2) is 15.9. The van der Waals surface area contributed by atoms with E-state index >= 15 is 0 Å². The van der Waals surface area contributed by atoms with E-state index in [4.69, 9.17) is 0 Å². The SMILES string of the molecule is Cc1nn(-c2ccccc2)c(O)c1N=Nc1cc([N+](=O)[O-])ccc1O.Cc1nn(-c2ccccc2)c(O)c1N=Nc1cc([N+](=O)[O-])ccc1O.[Co]. The summed E-state index contributed by atoms with van der Waals surface area (Å²) in [5, 5.41) is 85.6. The van der Waals surface area contributed by atoms with Crippen LogP contribution < -0.4 is 0 Å². The number of aromatic hydroxyl groups is 4. The van der Waals surface area contributed by atoms with Gasteiger partial charge < -0.3 is 20.4 Å². The van der Waals surface area contributed by atoms with Crippen LogP contribution in [0.4, 0.5) is 34.1 Å². The molecule has 0 saturated carbocycles. The number of non-ortho nitro benzene ring substituents is 2. The first-order chi connectivity index (χ1) is 23.9. The van der Waals surface area contributed by atoms with Crippen LogP contribution in [0.3, 0.4) is 0 Å². The van der Waals surface area contributed by atoms with E-state index < -0.39 is 9.85 Å². The Kier molecular flexibility index (Phi) is 11.5. The number of nitrogens with zero attached hydrogens (tertiary/aromatic N) is 10. The topological polar surface area (TPSA) is 252 Å². The molecule has 6 rings (SSSR count). The van der Waals surface area contributed by atoms with Gasteiger partial charge in [-0.15, -0.1) is 20.5 Å². The largest absolute Gasteiger partial charge is 0.506 e. The number of aryl methyl sites for hydroxylation is 2. The summed E-state index contributed by atoms with van der Waals surface area (Å²) in [7, 11) is 0. The molecule has 0 aliphatic rings. The van der Waals surface area contributed by atoms with E-state index in [0.29, 0.717) is 22.8 Å². The molecule has 6 aromatic rings. The summed E-state index contributed by atoms with van der Waals surface area (Å²) in [5.74, 6) is -0.973. The van der Waals surface area contributed by atoms with E-state index in [1.165, 1.54) is 9.36 Å². The third kappa shape index (κ3) is 8.36. The van der Waals surface area contributed by atoms with E-state index in [9.17, 15) is 40.7 Å². The second-order valence-electron chi connectivity index (χ2n) is 10.3. The van der Waals surface area contributed by atoms with Gasteiger partial charge in [-0.05, 0) is 50.2 Å². The molecule has 0 amide bonds. The van der Waals surface area contributed by atoms with Crippen molar-refractivity contribution in [2.75, 3.05) is 0 Å². The molecule has 1 radical (unpaired) electrons. The molecule has 0 saturated heterocycles. The van der Waals surface area contributed by atoms with Crippen molar-refractivity contribution in [1.29, 1.82) is 0 Å². The number of azo groups is 2. The standard InChI is InChI=1S/2C16H13N5O4.Co/c2*1-10-15(16(23)20(19-10)11-5-3-2-4-6-11)18-17-13-9-12(21(24)25)7-8-14(13)22;/h2*2-9,22-23H,1H3;. The summed E-state index contributed by atoms with van der Waals surface area (Å²) in [6.45, 7) is 3.28. The first kappa shape index (κ1) is 36.8. The number of nitro benzene ring substituents is 2. The first-order valence-corrected chi connectivity index (χ1v) is 14.4. The maximum absolute atomic E-state index is 10.8. The molecule has 2 aromatic heterocycles. The average molecular weight is 738 g/mol. The molecule has 51 heavy (non-hydrogen) atoms. The minimum atomic E-state index is -0.603. The van der Waals surface area contributed by atoms with Crippen LogP contribution >= 0.6 is 0 Å². The van der Waals surface area contributed by atoms with E-state index in [0.717, 1.165) is 36.4 Å². The number of hydrogen-bond donors (Lipinski definition) is 4. The Labute approximate surface area is 297 Å². The zero-order valence-electron chi connectivity index (χ0n) is 26.5. The summed E-state index contributed by atoms with van der Waals surface area (Å²) in [6.07, 6.45) is 0. The van der Waals surface area contributed by atoms with Gasteiger partial charge in [-0.3, -0.25) is 20.2 Å². The van der Waals surface area contributed by atoms with Gasteiger partial charge in [-0.2, -0.15) is 19.6 Å². The summed E-state index contributed by atoms with van der Waals surface area (Å²) < 4.78 is 2.61. The molecule has 0 aliphatic carbocycles. The Morgan fingerprint density at radius 3 is 1.25 bits per heavy atom. The van der Waals surface area contributed by atoms with Gasteiger partial charge in [-0.25, -0.2) is 0 Å². The molecule has 19 heteroatoms. The number of nitro groups is 2. The maximum Gasteiger partial charge on any atom is 0.271 e. The van der Waals surface area contributed by atoms with Crippen LogP contribution in [-0.4, -0.2) is 49.8 Å². The molecule has 4 N–H and O–H groups in total. The minimum absolute atomic E-state index is 0. The van der Waals surface area contributed by atoms with Crippen LogP contribution in [0.25, 0.3) is 11.4 Å². The van der Waals surface area contributed by atoms with Gasteiger partial charge in [0.1, 0.15) is 22.9 Å². The van der Waals surface area contributed by atoms with Crippen LogP contribution in [-0.2, 0) is 16.8 Å². The fraction of sp³-hybridized carbons (Fsp3) is 0.0625. The second-order valence-corrected chi connectivity index (χ2v) is 10.3. The predicted molar refractivity (Wildman–Crippen MR) is 178 cm³/mol. The van der Waals surface area contributed by atoms with Crippen molar-refractivity contribution >= 4 is 34.1 Å². The van der Waals surface area contributed by atoms with Gasteiger partial charge in [0.2, 0.25) is 11.8 Å². The zero-order valence-corrected chi connectivity index (χ0v) is 27.5. The third-order valence-corrected chi connectivity index (χ3v) is 6.87. The van der Waals surface area contributed by atoms with Crippen LogP contribution in [0.1, 0.15) is 11.4 Å². The van der Waals surface area contributed by atoms with Crippen molar-refractivity contribution < 1.29 is 47.1 Å². The number of phenolic OH excluding ortho intramolecular Hbond substituents is 2. The minimum Gasteiger partial charge on any atom is -0.506 e. The van der Waals surface area contributed by atoms with E-state index in [1.807, 2.05) is 12.1 Å². The van der Waals surface area contributed by atoms with E-state index in [2.05, 4.69) is 30.7 Å². The van der Waals surface area contributed by atoms with Crippen molar-refractivity contribution in [3.05, 3.63) is 129 Å². The molecule has 4 aromatic carbocycles. The first-order valence-electron chi connectivity index (χ1n) is 14.4. The average Bonchev–Trinajstić information content (AvgIpc) is 3.56. The maximum atomic E-state index is 10.8. The zero-order chi connectivity index (χ0) is 35.9. The molecule has 261 valence electrons. The van der Waals surface area contributed by atoms with Gasteiger partial charge in [-0.1, -0.05) is 36.4 Å². The van der Waals surface area contributed by atoms with Crippen LogP contribution in [0.15, 0.2) is 118 Å². The van der Waals surface area contributed by atoms with Gasteiger partial charge in [0.05, 0.1) is 32.6 Å². The number of rotatable bonds is 8. The smallest absolute Gasteiger partial charge is 0.271 e. The van der Waals surface area contributed by atoms with Crippen LogP contribution in [0, 0.1) is 34.1 Å². The molecule has 2 heterocycles. The van der Waals surface area contributed by atoms with Crippen LogP contribution in [0.5, 0.6) is 23.3 Å². The Balaban J connectivity index is 0.000000224. The van der Waals surface area contributed by atoms with Gasteiger partial charge in [0, 0.05) is 41.0 Å². The Bertz CT molecular complexity index is 2100. The summed E-state index contributed by atoms with van der Waals surface area (Å²) in [4.78, 5) is 20.4. The molecule has 0 unspecified atom stereocenters.